The van der Waals surface area contributed by atoms with Crippen molar-refractivity contribution >= 4 is 40.4 Å². The fraction of sp³-hybridized carbons (Fsp3) is 0.0455. The molecule has 0 saturated heterocycles. The Morgan fingerprint density at radius 2 is 2.03 bits per heavy atom. The van der Waals surface area contributed by atoms with Crippen molar-refractivity contribution < 1.29 is 8.78 Å². The normalized spacial score (nSPS) is 10.5. The second-order valence-electron chi connectivity index (χ2n) is 6.46. The summed E-state index contributed by atoms with van der Waals surface area (Å²) < 4.78 is 29.0. The standard InChI is InChI=1S/C22H16F2N6S/c23-18-4-6-20(28-12-31-16-2-5-19-15(8-16)11-29-30-19)21(24)17(18)3-1-13-7-14(9-25)22(26)27-10-13/h2,4-11,25,28H,12H2,(H2,26,27)(H,29,30). The largest absolute Gasteiger partial charge is 0.383 e. The first-order chi connectivity index (χ1) is 15.0. The zero-order valence-electron chi connectivity index (χ0n) is 16.0. The van der Waals surface area contributed by atoms with Gasteiger partial charge in [-0.1, -0.05) is 11.8 Å². The highest BCUT2D eigenvalue weighted by atomic mass is 32.2. The number of nitrogen functional groups attached to an aromatic ring is 1. The fourth-order valence-electron chi connectivity index (χ4n) is 2.82. The van der Waals surface area contributed by atoms with Crippen molar-refractivity contribution in [3.8, 4) is 11.8 Å². The van der Waals surface area contributed by atoms with Gasteiger partial charge < -0.3 is 16.5 Å². The molecule has 0 amide bonds. The number of H-pyrrole nitrogens is 1. The molecule has 9 heteroatoms. The van der Waals surface area contributed by atoms with Gasteiger partial charge in [-0.05, 0) is 36.4 Å². The first-order valence-corrected chi connectivity index (χ1v) is 10.1. The van der Waals surface area contributed by atoms with Crippen LogP contribution in [0.4, 0.5) is 20.3 Å². The number of benzene rings is 2. The zero-order valence-corrected chi connectivity index (χ0v) is 16.9. The minimum Gasteiger partial charge on any atom is -0.383 e. The van der Waals surface area contributed by atoms with Crippen molar-refractivity contribution in [2.45, 2.75) is 4.90 Å². The smallest absolute Gasteiger partial charge is 0.164 e. The molecule has 0 aliphatic carbocycles. The van der Waals surface area contributed by atoms with Gasteiger partial charge in [-0.2, -0.15) is 5.10 Å². The van der Waals surface area contributed by atoms with Crippen LogP contribution in [0.3, 0.4) is 0 Å². The third kappa shape index (κ3) is 4.49. The first-order valence-electron chi connectivity index (χ1n) is 9.11. The molecular weight excluding hydrogens is 418 g/mol. The molecule has 31 heavy (non-hydrogen) atoms. The summed E-state index contributed by atoms with van der Waals surface area (Å²) in [6.45, 7) is 0. The number of nitrogens with two attached hydrogens (primary N) is 1. The van der Waals surface area contributed by atoms with E-state index in [1.54, 1.807) is 6.20 Å². The van der Waals surface area contributed by atoms with E-state index in [9.17, 15) is 8.78 Å². The molecule has 2 aromatic carbocycles. The quantitative estimate of drug-likeness (QED) is 0.162. The van der Waals surface area contributed by atoms with Crippen LogP contribution in [-0.4, -0.2) is 27.3 Å². The van der Waals surface area contributed by atoms with Crippen molar-refractivity contribution in [2.24, 2.45) is 0 Å². The van der Waals surface area contributed by atoms with Gasteiger partial charge in [-0.3, -0.25) is 5.10 Å². The summed E-state index contributed by atoms with van der Waals surface area (Å²) in [7, 11) is 0. The van der Waals surface area contributed by atoms with E-state index in [2.05, 4.69) is 32.3 Å². The molecule has 0 bridgehead atoms. The van der Waals surface area contributed by atoms with Crippen LogP contribution in [0.25, 0.3) is 10.9 Å². The molecule has 0 radical (unpaired) electrons. The Morgan fingerprint density at radius 1 is 1.16 bits per heavy atom. The van der Waals surface area contributed by atoms with Crippen LogP contribution >= 0.6 is 11.8 Å². The van der Waals surface area contributed by atoms with Gasteiger partial charge in [0, 0.05) is 33.8 Å². The number of nitrogens with one attached hydrogen (secondary N) is 3. The van der Waals surface area contributed by atoms with E-state index in [0.29, 0.717) is 17.0 Å². The van der Waals surface area contributed by atoms with Crippen molar-refractivity contribution in [1.82, 2.24) is 15.2 Å². The van der Waals surface area contributed by atoms with Gasteiger partial charge in [0.05, 0.1) is 28.8 Å². The van der Waals surface area contributed by atoms with E-state index in [1.165, 1.54) is 36.2 Å². The molecule has 4 aromatic rings. The molecular formula is C22H16F2N6S. The molecule has 4 rings (SSSR count). The number of hydrogen-bond donors (Lipinski definition) is 4. The van der Waals surface area contributed by atoms with E-state index >= 15 is 0 Å². The highest BCUT2D eigenvalue weighted by Crippen LogP contribution is 2.25. The average Bonchev–Trinajstić information content (AvgIpc) is 3.24. The number of aromatic nitrogens is 3. The van der Waals surface area contributed by atoms with E-state index in [0.717, 1.165) is 22.0 Å². The Bertz CT molecular complexity index is 1340. The Balaban J connectivity index is 1.50. The van der Waals surface area contributed by atoms with Gasteiger partial charge in [-0.25, -0.2) is 13.8 Å². The first kappa shape index (κ1) is 20.4. The van der Waals surface area contributed by atoms with Gasteiger partial charge in [0.25, 0.3) is 0 Å². The lowest BCUT2D eigenvalue weighted by Gasteiger charge is -2.09. The highest BCUT2D eigenvalue weighted by molar-refractivity contribution is 7.99. The van der Waals surface area contributed by atoms with Gasteiger partial charge in [0.1, 0.15) is 11.6 Å². The highest BCUT2D eigenvalue weighted by Gasteiger charge is 2.12. The minimum atomic E-state index is -0.769. The molecule has 2 heterocycles. The molecule has 0 fully saturated rings. The second-order valence-corrected chi connectivity index (χ2v) is 7.51. The van der Waals surface area contributed by atoms with Crippen LogP contribution in [0, 0.1) is 28.9 Å². The summed E-state index contributed by atoms with van der Waals surface area (Å²) in [5, 5.41) is 18.1. The lowest BCUT2D eigenvalue weighted by atomic mass is 10.1. The number of fused-ring (bicyclic) bond motifs is 1. The van der Waals surface area contributed by atoms with E-state index in [-0.39, 0.29) is 17.1 Å². The van der Waals surface area contributed by atoms with Crippen molar-refractivity contribution in [1.29, 1.82) is 5.41 Å². The molecule has 2 aromatic heterocycles. The Kier molecular flexibility index (Phi) is 5.82. The van der Waals surface area contributed by atoms with Crippen LogP contribution in [-0.2, 0) is 0 Å². The molecule has 0 atom stereocenters. The molecule has 154 valence electrons. The maximum Gasteiger partial charge on any atom is 0.164 e. The summed E-state index contributed by atoms with van der Waals surface area (Å²) in [5.41, 5.74) is 7.17. The number of thioether (sulfide) groups is 1. The van der Waals surface area contributed by atoms with E-state index in [1.807, 2.05) is 18.2 Å². The number of hydrogen-bond acceptors (Lipinski definition) is 6. The van der Waals surface area contributed by atoms with E-state index in [4.69, 9.17) is 11.1 Å². The fourth-order valence-corrected chi connectivity index (χ4v) is 3.59. The van der Waals surface area contributed by atoms with Gasteiger partial charge in [0.15, 0.2) is 5.82 Å². The summed E-state index contributed by atoms with van der Waals surface area (Å²) >= 11 is 1.48. The molecule has 6 nitrogen and oxygen atoms in total. The van der Waals surface area contributed by atoms with Crippen LogP contribution in [0.2, 0.25) is 0 Å². The summed E-state index contributed by atoms with van der Waals surface area (Å²) in [6.07, 6.45) is 4.17. The summed E-state index contributed by atoms with van der Waals surface area (Å²) in [6, 6.07) is 9.89. The van der Waals surface area contributed by atoms with Crippen LogP contribution in [0.1, 0.15) is 16.7 Å². The molecule has 0 aliphatic heterocycles. The van der Waals surface area contributed by atoms with Crippen LogP contribution in [0.15, 0.2) is 53.7 Å². The van der Waals surface area contributed by atoms with Crippen LogP contribution < -0.4 is 11.1 Å². The minimum absolute atomic E-state index is 0.151. The molecule has 5 N–H and O–H groups in total. The second kappa shape index (κ2) is 8.85. The number of aromatic amines is 1. The number of anilines is 2. The Morgan fingerprint density at radius 3 is 2.87 bits per heavy atom. The zero-order chi connectivity index (χ0) is 21.8. The predicted molar refractivity (Wildman–Crippen MR) is 119 cm³/mol. The Hall–Kier alpha value is -3.90. The lowest BCUT2D eigenvalue weighted by molar-refractivity contribution is 0.580. The van der Waals surface area contributed by atoms with E-state index < -0.39 is 11.6 Å². The SMILES string of the molecule is N=Cc1cc(C#Cc2c(F)ccc(NCSc3ccc4[nH]ncc4c3)c2F)cnc1N. The number of rotatable bonds is 5. The van der Waals surface area contributed by atoms with Crippen molar-refractivity contribution in [3.63, 3.8) is 0 Å². The van der Waals surface area contributed by atoms with Crippen molar-refractivity contribution in [2.75, 3.05) is 16.9 Å². The number of pyridine rings is 1. The van der Waals surface area contributed by atoms with Gasteiger partial charge in [0.2, 0.25) is 0 Å². The van der Waals surface area contributed by atoms with Gasteiger partial charge >= 0.3 is 0 Å². The van der Waals surface area contributed by atoms with Gasteiger partial charge in [-0.15, -0.1) is 11.8 Å². The summed E-state index contributed by atoms with van der Waals surface area (Å²) in [4.78, 5) is 4.91. The Labute approximate surface area is 180 Å². The van der Waals surface area contributed by atoms with Crippen LogP contribution in [0.5, 0.6) is 0 Å². The average molecular weight is 434 g/mol. The molecule has 0 aliphatic rings. The third-order valence-electron chi connectivity index (χ3n) is 4.44. The third-order valence-corrected chi connectivity index (χ3v) is 5.32. The molecule has 0 saturated carbocycles. The maximum atomic E-state index is 14.8. The molecule has 0 spiro atoms. The maximum absolute atomic E-state index is 14.8. The lowest BCUT2D eigenvalue weighted by Crippen LogP contribution is -2.03. The number of halogens is 2. The predicted octanol–water partition coefficient (Wildman–Crippen LogP) is 4.38. The summed E-state index contributed by atoms with van der Waals surface area (Å²) in [5.74, 6) is 4.23. The molecule has 0 unspecified atom stereocenters. The monoisotopic (exact) mass is 434 g/mol. The van der Waals surface area contributed by atoms with Crippen molar-refractivity contribution in [3.05, 3.63) is 77.1 Å². The number of nitrogens with zero attached hydrogens (tertiary/aromatic N) is 2. The topological polar surface area (TPSA) is 103 Å².